The molecule has 3 nitrogen and oxygen atoms in total. The zero-order valence-electron chi connectivity index (χ0n) is 33.5. The molecule has 5 heteroatoms. The number of hydrogen-bond acceptors (Lipinski definition) is 3. The van der Waals surface area contributed by atoms with Crippen LogP contribution in [0.25, 0.3) is 42.3 Å². The highest BCUT2D eigenvalue weighted by Crippen LogP contribution is 2.49. The molecule has 58 heavy (non-hydrogen) atoms. The summed E-state index contributed by atoms with van der Waals surface area (Å²) in [6, 6.07) is 57.7. The first-order valence-electron chi connectivity index (χ1n) is 21.2. The molecule has 0 bridgehead atoms. The molecule has 9 aromatic rings. The maximum atomic E-state index is 2.70. The normalized spacial score (nSPS) is 12.7. The van der Waals surface area contributed by atoms with Crippen LogP contribution in [0.15, 0.2) is 152 Å². The first-order chi connectivity index (χ1) is 28.6. The van der Waals surface area contributed by atoms with Crippen LogP contribution < -0.4 is 20.7 Å². The van der Waals surface area contributed by atoms with E-state index in [4.69, 9.17) is 0 Å². The number of unbranched alkanes of at least 4 members (excludes halogenated alkanes) is 2. The molecule has 0 saturated carbocycles. The van der Waals surface area contributed by atoms with E-state index >= 15 is 0 Å². The molecule has 0 fully saturated rings. The molecule has 282 valence electrons. The maximum absolute atomic E-state index is 2.70. The summed E-state index contributed by atoms with van der Waals surface area (Å²) in [6.45, 7) is 6.82. The van der Waals surface area contributed by atoms with E-state index in [0.29, 0.717) is 0 Å². The number of anilines is 6. The minimum atomic E-state index is 0.0155. The summed E-state index contributed by atoms with van der Waals surface area (Å²) in [6.07, 6.45) is 7.03. The summed E-state index contributed by atoms with van der Waals surface area (Å²) in [5.41, 5.74) is 17.9. The van der Waals surface area contributed by atoms with Crippen LogP contribution in [0.1, 0.15) is 56.2 Å². The van der Waals surface area contributed by atoms with E-state index in [0.717, 1.165) is 18.5 Å². The van der Waals surface area contributed by atoms with Gasteiger partial charge in [0, 0.05) is 66.1 Å². The summed E-state index contributed by atoms with van der Waals surface area (Å²) in [7, 11) is 0. The summed E-state index contributed by atoms with van der Waals surface area (Å²) >= 11 is 1.94. The van der Waals surface area contributed by atoms with Gasteiger partial charge in [0.25, 0.3) is 0 Å². The quantitative estimate of drug-likeness (QED) is 0.128. The van der Waals surface area contributed by atoms with Gasteiger partial charge in [-0.3, -0.25) is 0 Å². The molecule has 0 N–H and O–H groups in total. The van der Waals surface area contributed by atoms with Crippen LogP contribution in [0.4, 0.5) is 34.1 Å². The van der Waals surface area contributed by atoms with E-state index in [2.05, 4.69) is 187 Å². The van der Waals surface area contributed by atoms with Crippen molar-refractivity contribution in [1.82, 2.24) is 4.48 Å². The van der Waals surface area contributed by atoms with Crippen LogP contribution in [-0.2, 0) is 12.8 Å². The van der Waals surface area contributed by atoms with Crippen LogP contribution in [0.5, 0.6) is 0 Å². The third kappa shape index (κ3) is 5.47. The van der Waals surface area contributed by atoms with Crippen LogP contribution in [0.3, 0.4) is 0 Å². The SMILES string of the molecule is CCCCc1ccc(N(c2ccc(CCCC)cc2)c2ccc3c(c2)N(c2ccccc2)c2cc(C)cc4c2B3n2c3sc5ccccc5c3c3cccc-4c32)cc1. The Hall–Kier alpha value is -6.04. The van der Waals surface area contributed by atoms with E-state index in [1.54, 1.807) is 0 Å². The van der Waals surface area contributed by atoms with Crippen molar-refractivity contribution >= 4 is 94.4 Å². The average Bonchev–Trinajstić information content (AvgIpc) is 3.80. The van der Waals surface area contributed by atoms with Crippen molar-refractivity contribution in [3.8, 4) is 11.1 Å². The largest absolute Gasteiger partial charge is 0.367 e. The third-order valence-electron chi connectivity index (χ3n) is 12.6. The van der Waals surface area contributed by atoms with E-state index in [1.807, 2.05) is 11.3 Å². The molecule has 0 spiro atoms. The number of benzene rings is 7. The molecule has 11 rings (SSSR count). The Morgan fingerprint density at radius 1 is 0.586 bits per heavy atom. The Morgan fingerprint density at radius 3 is 1.95 bits per heavy atom. The molecule has 0 amide bonds. The lowest BCUT2D eigenvalue weighted by molar-refractivity contribution is 0.795. The lowest BCUT2D eigenvalue weighted by atomic mass is 9.45. The van der Waals surface area contributed by atoms with Crippen molar-refractivity contribution in [2.75, 3.05) is 9.80 Å². The number of para-hydroxylation sites is 2. The van der Waals surface area contributed by atoms with Crippen molar-refractivity contribution in [1.29, 1.82) is 0 Å². The Kier molecular flexibility index (Phi) is 8.55. The molecule has 2 aliphatic rings. The van der Waals surface area contributed by atoms with Gasteiger partial charge < -0.3 is 14.3 Å². The van der Waals surface area contributed by atoms with E-state index in [9.17, 15) is 0 Å². The molecule has 0 aliphatic carbocycles. The van der Waals surface area contributed by atoms with E-state index in [-0.39, 0.29) is 6.85 Å². The van der Waals surface area contributed by atoms with Crippen LogP contribution in [-0.4, -0.2) is 11.3 Å². The smallest absolute Gasteiger partial charge is 0.333 e. The molecular formula is C53H46BN3S. The minimum Gasteiger partial charge on any atom is -0.367 e. The van der Waals surface area contributed by atoms with Crippen LogP contribution in [0.2, 0.25) is 0 Å². The maximum Gasteiger partial charge on any atom is 0.333 e. The van der Waals surface area contributed by atoms with Crippen molar-refractivity contribution in [3.05, 3.63) is 168 Å². The Balaban J connectivity index is 1.17. The Labute approximate surface area is 345 Å². The molecule has 4 heterocycles. The fourth-order valence-corrected chi connectivity index (χ4v) is 11.1. The lowest BCUT2D eigenvalue weighted by Crippen LogP contribution is -2.56. The third-order valence-corrected chi connectivity index (χ3v) is 13.7. The summed E-state index contributed by atoms with van der Waals surface area (Å²) in [5, 5.41) is 4.07. The number of fused-ring (bicyclic) bond motifs is 9. The first-order valence-corrected chi connectivity index (χ1v) is 22.0. The van der Waals surface area contributed by atoms with Crippen LogP contribution >= 0.6 is 11.3 Å². The van der Waals surface area contributed by atoms with Gasteiger partial charge in [0.15, 0.2) is 0 Å². The molecule has 7 aromatic carbocycles. The van der Waals surface area contributed by atoms with Gasteiger partial charge in [0.1, 0.15) is 0 Å². The van der Waals surface area contributed by atoms with Gasteiger partial charge in [-0.15, -0.1) is 11.3 Å². The summed E-state index contributed by atoms with van der Waals surface area (Å²) in [5.74, 6) is 0. The Bertz CT molecular complexity index is 2940. The van der Waals surface area contributed by atoms with Gasteiger partial charge in [0.05, 0.1) is 4.83 Å². The number of rotatable bonds is 10. The second-order valence-corrected chi connectivity index (χ2v) is 17.3. The van der Waals surface area contributed by atoms with Gasteiger partial charge in [0.2, 0.25) is 0 Å². The zero-order valence-corrected chi connectivity index (χ0v) is 34.3. The minimum absolute atomic E-state index is 0.0155. The fraction of sp³-hybridized carbons (Fsp3) is 0.170. The highest BCUT2D eigenvalue weighted by Gasteiger charge is 2.43. The van der Waals surface area contributed by atoms with Crippen molar-refractivity contribution in [3.63, 3.8) is 0 Å². The zero-order chi connectivity index (χ0) is 38.9. The molecular weight excluding hydrogens is 721 g/mol. The molecule has 0 unspecified atom stereocenters. The van der Waals surface area contributed by atoms with E-state index in [1.165, 1.54) is 124 Å². The molecule has 2 aromatic heterocycles. The number of aromatic nitrogens is 1. The second kappa shape index (κ2) is 14.1. The molecule has 2 aliphatic heterocycles. The number of hydrogen-bond donors (Lipinski definition) is 0. The standard InChI is InChI=1S/C53H46BN3S/c1-4-6-14-36-22-26-39(27-23-36)55(40-28-24-37(25-29-40)15-7-5-2)41-30-31-46-47(34-41)56(38-16-9-8-10-17-38)48-33-35(3)32-45-42-19-13-20-44-50-43-18-11-12-21-49(43)58-53(50)57(52(42)44)54(46)51(45)48/h8-13,16-34H,4-7,14-15H2,1-3H3. The predicted octanol–water partition coefficient (Wildman–Crippen LogP) is 13.9. The van der Waals surface area contributed by atoms with Gasteiger partial charge in [-0.05, 0) is 126 Å². The number of thiophene rings is 1. The predicted molar refractivity (Wildman–Crippen MR) is 252 cm³/mol. The molecule has 0 radical (unpaired) electrons. The molecule has 0 atom stereocenters. The first kappa shape index (κ1) is 35.2. The monoisotopic (exact) mass is 767 g/mol. The van der Waals surface area contributed by atoms with Gasteiger partial charge >= 0.3 is 6.85 Å². The van der Waals surface area contributed by atoms with Gasteiger partial charge in [-0.2, -0.15) is 0 Å². The molecule has 0 saturated heterocycles. The number of aryl methyl sites for hydroxylation is 3. The topological polar surface area (TPSA) is 11.4 Å². The average molecular weight is 768 g/mol. The van der Waals surface area contributed by atoms with Crippen molar-refractivity contribution < 1.29 is 0 Å². The van der Waals surface area contributed by atoms with Crippen LogP contribution in [0, 0.1) is 6.92 Å². The van der Waals surface area contributed by atoms with E-state index < -0.39 is 0 Å². The van der Waals surface area contributed by atoms with Crippen molar-refractivity contribution in [2.24, 2.45) is 0 Å². The summed E-state index contributed by atoms with van der Waals surface area (Å²) < 4.78 is 4.04. The highest BCUT2D eigenvalue weighted by atomic mass is 32.1. The second-order valence-electron chi connectivity index (χ2n) is 16.3. The van der Waals surface area contributed by atoms with Gasteiger partial charge in [-0.25, -0.2) is 0 Å². The van der Waals surface area contributed by atoms with Gasteiger partial charge in [-0.1, -0.05) is 118 Å². The summed E-state index contributed by atoms with van der Waals surface area (Å²) in [4.78, 5) is 6.35. The highest BCUT2D eigenvalue weighted by molar-refractivity contribution is 7.26. The Morgan fingerprint density at radius 2 is 1.24 bits per heavy atom. The fourth-order valence-electron chi connectivity index (χ4n) is 9.84. The van der Waals surface area contributed by atoms with Crippen molar-refractivity contribution in [2.45, 2.75) is 59.3 Å². The number of nitrogens with zero attached hydrogens (tertiary/aromatic N) is 3. The lowest BCUT2D eigenvalue weighted by Gasteiger charge is -2.41.